The van der Waals surface area contributed by atoms with Gasteiger partial charge in [0.25, 0.3) is 0 Å². The maximum atomic E-state index is 6.54. The third-order valence-corrected chi connectivity index (χ3v) is 9.95. The minimum absolute atomic E-state index is 0.586. The highest BCUT2D eigenvalue weighted by Gasteiger charge is 2.19. The summed E-state index contributed by atoms with van der Waals surface area (Å²) in [6, 6.07) is 60.1. The summed E-state index contributed by atoms with van der Waals surface area (Å²) >= 11 is 0. The maximum Gasteiger partial charge on any atom is 0.164 e. The van der Waals surface area contributed by atoms with Crippen LogP contribution in [0.1, 0.15) is 11.1 Å². The Morgan fingerprint density at radius 3 is 1.60 bits per heavy atom. The summed E-state index contributed by atoms with van der Waals surface area (Å²) in [6.45, 7) is 8.21. The number of nitrogens with zero attached hydrogens (tertiary/aromatic N) is 3. The fourth-order valence-corrected chi connectivity index (χ4v) is 7.23. The van der Waals surface area contributed by atoms with Gasteiger partial charge in [-0.1, -0.05) is 177 Å². The van der Waals surface area contributed by atoms with Crippen LogP contribution in [0.15, 0.2) is 206 Å². The second-order valence-electron chi connectivity index (χ2n) is 13.3. The topological polar surface area (TPSA) is 51.8 Å². The molecule has 0 aliphatic rings. The van der Waals surface area contributed by atoms with Crippen molar-refractivity contribution in [1.29, 1.82) is 0 Å². The van der Waals surface area contributed by atoms with E-state index in [1.807, 2.05) is 78.9 Å². The van der Waals surface area contributed by atoms with Crippen LogP contribution in [-0.4, -0.2) is 15.0 Å². The molecule has 0 N–H and O–H groups in total. The molecule has 0 saturated carbocycles. The van der Waals surface area contributed by atoms with E-state index < -0.39 is 0 Å². The molecule has 2 heterocycles. The molecule has 0 atom stereocenters. The van der Waals surface area contributed by atoms with Gasteiger partial charge in [0.05, 0.1) is 0 Å². The number of hydrogen-bond donors (Lipinski definition) is 0. The van der Waals surface area contributed by atoms with Crippen molar-refractivity contribution in [2.75, 3.05) is 0 Å². The van der Waals surface area contributed by atoms with Gasteiger partial charge in [-0.15, -0.1) is 0 Å². The summed E-state index contributed by atoms with van der Waals surface area (Å²) in [7, 11) is 0. The molecule has 0 aliphatic carbocycles. The summed E-state index contributed by atoms with van der Waals surface area (Å²) in [5, 5.41) is 1.96. The second kappa shape index (κ2) is 14.5. The first-order valence-electron chi connectivity index (χ1n) is 18.3. The van der Waals surface area contributed by atoms with Crippen molar-refractivity contribution in [2.24, 2.45) is 0 Å². The van der Waals surface area contributed by atoms with Gasteiger partial charge in [-0.2, -0.15) is 0 Å². The molecule has 0 amide bonds. The monoisotopic (exact) mass is 705 g/mol. The summed E-state index contributed by atoms with van der Waals surface area (Å²) in [4.78, 5) is 15.2. The Morgan fingerprint density at radius 2 is 0.909 bits per heavy atom. The van der Waals surface area contributed by atoms with Crippen LogP contribution in [0.4, 0.5) is 0 Å². The molecule has 0 radical (unpaired) electrons. The Kier molecular flexibility index (Phi) is 8.83. The molecule has 7 aromatic carbocycles. The largest absolute Gasteiger partial charge is 0.456 e. The van der Waals surface area contributed by atoms with Crippen molar-refractivity contribution < 1.29 is 4.42 Å². The first kappa shape index (κ1) is 33.4. The van der Waals surface area contributed by atoms with E-state index in [4.69, 9.17) is 19.4 Å². The normalized spacial score (nSPS) is 11.7. The minimum Gasteiger partial charge on any atom is -0.456 e. The van der Waals surface area contributed by atoms with Gasteiger partial charge >= 0.3 is 0 Å². The average Bonchev–Trinajstić information content (AvgIpc) is 3.65. The molecular formula is C51H35N3O. The van der Waals surface area contributed by atoms with Crippen molar-refractivity contribution in [3.63, 3.8) is 0 Å². The molecule has 0 bridgehead atoms. The fourth-order valence-electron chi connectivity index (χ4n) is 7.23. The number of fused-ring (bicyclic) bond motifs is 3. The zero-order chi connectivity index (χ0) is 37.1. The van der Waals surface area contributed by atoms with Gasteiger partial charge in [0.1, 0.15) is 11.2 Å². The van der Waals surface area contributed by atoms with Gasteiger partial charge in [-0.05, 0) is 68.8 Å². The van der Waals surface area contributed by atoms with Gasteiger partial charge in [-0.25, -0.2) is 15.0 Å². The smallest absolute Gasteiger partial charge is 0.164 e. The number of furan rings is 1. The zero-order valence-corrected chi connectivity index (χ0v) is 30.1. The predicted octanol–water partition coefficient (Wildman–Crippen LogP) is 13.4. The second-order valence-corrected chi connectivity index (χ2v) is 13.3. The van der Waals surface area contributed by atoms with E-state index >= 15 is 0 Å². The number of aromatic nitrogens is 3. The van der Waals surface area contributed by atoms with E-state index in [0.29, 0.717) is 17.5 Å². The fraction of sp³-hybridized carbons (Fsp3) is 0. The lowest BCUT2D eigenvalue weighted by Crippen LogP contribution is -2.00. The zero-order valence-electron chi connectivity index (χ0n) is 30.1. The van der Waals surface area contributed by atoms with Gasteiger partial charge in [-0.3, -0.25) is 0 Å². The molecule has 0 unspecified atom stereocenters. The molecule has 9 aromatic rings. The summed E-state index contributed by atoms with van der Waals surface area (Å²) in [6.07, 6.45) is 3.80. The van der Waals surface area contributed by atoms with Gasteiger partial charge < -0.3 is 4.42 Å². The Balaban J connectivity index is 1.13. The molecule has 55 heavy (non-hydrogen) atoms. The molecular weight excluding hydrogens is 671 g/mol. The molecule has 4 heteroatoms. The number of rotatable bonds is 9. The van der Waals surface area contributed by atoms with E-state index in [0.717, 1.165) is 83.2 Å². The van der Waals surface area contributed by atoms with E-state index in [-0.39, 0.29) is 0 Å². The van der Waals surface area contributed by atoms with E-state index in [2.05, 4.69) is 122 Å². The van der Waals surface area contributed by atoms with Crippen LogP contribution < -0.4 is 0 Å². The Hall–Kier alpha value is -7.43. The molecule has 2 aromatic heterocycles. The first-order valence-corrected chi connectivity index (χ1v) is 18.3. The minimum atomic E-state index is 0.586. The molecule has 4 nitrogen and oxygen atoms in total. The van der Waals surface area contributed by atoms with Gasteiger partial charge in [0.2, 0.25) is 0 Å². The number of benzene rings is 7. The molecule has 0 aliphatic heterocycles. The molecule has 9 rings (SSSR count). The summed E-state index contributed by atoms with van der Waals surface area (Å²) in [5.74, 6) is 1.80. The van der Waals surface area contributed by atoms with Crippen LogP contribution in [-0.2, 0) is 0 Å². The Labute approximate surface area is 320 Å². The van der Waals surface area contributed by atoms with Gasteiger partial charge in [0, 0.05) is 27.5 Å². The average molecular weight is 706 g/mol. The van der Waals surface area contributed by atoms with E-state index in [1.165, 1.54) is 0 Å². The van der Waals surface area contributed by atoms with Crippen LogP contribution in [0.3, 0.4) is 0 Å². The van der Waals surface area contributed by atoms with Crippen molar-refractivity contribution in [2.45, 2.75) is 0 Å². The highest BCUT2D eigenvalue weighted by Crippen LogP contribution is 2.39. The van der Waals surface area contributed by atoms with E-state index in [9.17, 15) is 0 Å². The lowest BCUT2D eigenvalue weighted by molar-refractivity contribution is 0.669. The first-order chi connectivity index (χ1) is 27.2. The van der Waals surface area contributed by atoms with Crippen molar-refractivity contribution in [3.05, 3.63) is 212 Å². The van der Waals surface area contributed by atoms with Crippen LogP contribution in [0.5, 0.6) is 0 Å². The highest BCUT2D eigenvalue weighted by atomic mass is 16.3. The Bertz CT molecular complexity index is 2870. The lowest BCUT2D eigenvalue weighted by Gasteiger charge is -2.11. The molecule has 260 valence electrons. The van der Waals surface area contributed by atoms with Crippen LogP contribution in [0, 0.1) is 0 Å². The quantitative estimate of drug-likeness (QED) is 0.111. The SMILES string of the molecule is C=C/C(=C(\C=C)c1ccc(-c2ccc3c(c2)oc2cccc(-c4nc(-c5ccccc5)nc(-c5cccc(-c6ccccc6)c5)n4)c23)cc1)c1ccccc1. The van der Waals surface area contributed by atoms with Crippen LogP contribution in [0.2, 0.25) is 0 Å². The third-order valence-electron chi connectivity index (χ3n) is 9.95. The van der Waals surface area contributed by atoms with Crippen molar-refractivity contribution in [3.8, 4) is 56.4 Å². The van der Waals surface area contributed by atoms with Gasteiger partial charge in [0.15, 0.2) is 17.5 Å². The van der Waals surface area contributed by atoms with Crippen LogP contribution >= 0.6 is 0 Å². The summed E-state index contributed by atoms with van der Waals surface area (Å²) in [5.41, 5.74) is 12.9. The molecule has 0 saturated heterocycles. The van der Waals surface area contributed by atoms with Crippen molar-refractivity contribution >= 4 is 33.1 Å². The Morgan fingerprint density at radius 1 is 0.400 bits per heavy atom. The molecule has 0 fully saturated rings. The number of hydrogen-bond acceptors (Lipinski definition) is 4. The molecule has 0 spiro atoms. The third kappa shape index (κ3) is 6.47. The highest BCUT2D eigenvalue weighted by molar-refractivity contribution is 6.12. The van der Waals surface area contributed by atoms with Crippen molar-refractivity contribution in [1.82, 2.24) is 15.0 Å². The number of allylic oxidation sites excluding steroid dienone is 4. The standard InChI is InChI=1S/C51H35N3O/c1-3-42(36-18-10-6-11-19-36)43(4-2)37-28-26-35(27-29-37)40-30-31-44-47(33-40)55-46-25-15-24-45(48(44)46)51-53-49(38-20-12-7-13-21-38)52-50(54-51)41-23-14-22-39(32-41)34-16-8-5-9-17-34/h3-33H,1-2H2/b43-42-. The maximum absolute atomic E-state index is 6.54. The van der Waals surface area contributed by atoms with E-state index in [1.54, 1.807) is 0 Å². The predicted molar refractivity (Wildman–Crippen MR) is 228 cm³/mol. The van der Waals surface area contributed by atoms with Crippen LogP contribution in [0.25, 0.3) is 89.5 Å². The lowest BCUT2D eigenvalue weighted by atomic mass is 9.93. The summed E-state index contributed by atoms with van der Waals surface area (Å²) < 4.78 is 6.54.